The molecule has 0 saturated carbocycles. The van der Waals surface area contributed by atoms with Gasteiger partial charge >= 0.3 is 24.6 Å². The van der Waals surface area contributed by atoms with Crippen molar-refractivity contribution in [1.29, 1.82) is 0 Å². The maximum atomic E-state index is 15.2. The summed E-state index contributed by atoms with van der Waals surface area (Å²) in [6, 6.07) is 6.39. The molecule has 0 aliphatic rings. The molecular weight excluding hydrogens is 634 g/mol. The molecule has 0 aliphatic heterocycles. The maximum absolute atomic E-state index is 15.2. The van der Waals surface area contributed by atoms with Crippen LogP contribution in [0.5, 0.6) is 5.75 Å². The summed E-state index contributed by atoms with van der Waals surface area (Å²) in [5, 5.41) is 11.6. The molecule has 0 fully saturated rings. The number of alkyl halides is 9. The van der Waals surface area contributed by atoms with Crippen LogP contribution in [0.3, 0.4) is 0 Å². The smallest absolute Gasteiger partial charge is 0.434 e. The number of amides is 1. The summed E-state index contributed by atoms with van der Waals surface area (Å²) in [6.45, 7) is -3.89. The van der Waals surface area contributed by atoms with Gasteiger partial charge in [-0.2, -0.15) is 35.1 Å². The third-order valence-electron chi connectivity index (χ3n) is 5.77. The van der Waals surface area contributed by atoms with E-state index in [-0.39, 0.29) is 23.4 Å². The molecule has 3 aromatic rings. The molecule has 230 valence electrons. The molecule has 3 aromatic carbocycles. The Hall–Kier alpha value is -4.41. The number of rotatable bonds is 9. The number of halogens is 11. The van der Waals surface area contributed by atoms with Gasteiger partial charge in [0.1, 0.15) is 5.75 Å². The number of nitro benzene ring substituents is 1. The van der Waals surface area contributed by atoms with E-state index in [4.69, 9.17) is 11.6 Å². The van der Waals surface area contributed by atoms with Gasteiger partial charge in [0.15, 0.2) is 11.6 Å². The van der Waals surface area contributed by atoms with Crippen LogP contribution in [0.25, 0.3) is 0 Å². The van der Waals surface area contributed by atoms with E-state index in [2.05, 4.69) is 10.1 Å². The first kappa shape index (κ1) is 33.1. The van der Waals surface area contributed by atoms with Crippen molar-refractivity contribution in [2.24, 2.45) is 0 Å². The Morgan fingerprint density at radius 3 is 2.05 bits per heavy atom. The molecule has 0 aromatic heterocycles. The van der Waals surface area contributed by atoms with Crippen LogP contribution >= 0.6 is 11.6 Å². The first-order valence-corrected chi connectivity index (χ1v) is 11.6. The topological polar surface area (TPSA) is 98.5 Å². The lowest BCUT2D eigenvalue weighted by molar-refractivity contribution is -0.384. The van der Waals surface area contributed by atoms with Crippen LogP contribution in [0.4, 0.5) is 55.3 Å². The molecule has 0 atom stereocenters. The number of nitrogens with one attached hydrogen (secondary N) is 1. The van der Waals surface area contributed by atoms with Gasteiger partial charge in [-0.05, 0) is 36.4 Å². The van der Waals surface area contributed by atoms with E-state index in [1.165, 1.54) is 0 Å². The van der Waals surface area contributed by atoms with Gasteiger partial charge < -0.3 is 10.1 Å². The Balaban J connectivity index is 1.98. The van der Waals surface area contributed by atoms with Crippen LogP contribution in [0.1, 0.15) is 31.8 Å². The minimum Gasteiger partial charge on any atom is -0.434 e. The van der Waals surface area contributed by atoms with Crippen LogP contribution in [0.15, 0.2) is 54.6 Å². The van der Waals surface area contributed by atoms with E-state index in [0.717, 1.165) is 42.5 Å². The first-order valence-electron chi connectivity index (χ1n) is 11.3. The van der Waals surface area contributed by atoms with Gasteiger partial charge in [-0.15, -0.1) is 0 Å². The lowest BCUT2D eigenvalue weighted by atomic mass is 9.91. The van der Waals surface area contributed by atoms with Crippen molar-refractivity contribution in [3.8, 4) is 5.75 Å². The predicted octanol–water partition coefficient (Wildman–Crippen LogP) is 7.96. The second-order valence-electron chi connectivity index (χ2n) is 8.49. The second kappa shape index (κ2) is 12.1. The highest BCUT2D eigenvalue weighted by molar-refractivity contribution is 6.32. The zero-order valence-corrected chi connectivity index (χ0v) is 21.4. The first-order chi connectivity index (χ1) is 19.8. The number of nitrogens with zero attached hydrogens (tertiary/aromatic N) is 1. The number of ether oxygens (including phenoxy) is 1. The van der Waals surface area contributed by atoms with Crippen LogP contribution in [-0.2, 0) is 12.1 Å². The van der Waals surface area contributed by atoms with E-state index < -0.39 is 86.6 Å². The number of carbonyl (C=O) groups is 2. The standard InChI is InChI=1S/C25H13ClF10N2O5/c26-16-8-12(23(30,24(31,32)33)25(34,35)36)9-19(43-22(28)29)15(16)10-18(39)14-2-1-3-17(20(14)27)37-21(40)11-4-6-13(7-5-11)38(41)42/h1-9,22H,10H2,(H,37,40). The van der Waals surface area contributed by atoms with E-state index in [1.54, 1.807) is 0 Å². The van der Waals surface area contributed by atoms with Gasteiger partial charge in [0.2, 0.25) is 0 Å². The van der Waals surface area contributed by atoms with E-state index in [1.807, 2.05) is 0 Å². The molecule has 3 rings (SSSR count). The van der Waals surface area contributed by atoms with Crippen molar-refractivity contribution in [3.05, 3.63) is 97.8 Å². The molecule has 43 heavy (non-hydrogen) atoms. The van der Waals surface area contributed by atoms with Gasteiger partial charge in [-0.1, -0.05) is 17.7 Å². The van der Waals surface area contributed by atoms with Crippen LogP contribution < -0.4 is 10.1 Å². The van der Waals surface area contributed by atoms with Crippen molar-refractivity contribution >= 4 is 34.7 Å². The van der Waals surface area contributed by atoms with Crippen molar-refractivity contribution in [1.82, 2.24) is 0 Å². The molecule has 0 unspecified atom stereocenters. The van der Waals surface area contributed by atoms with Crippen molar-refractivity contribution in [2.75, 3.05) is 5.32 Å². The predicted molar refractivity (Wildman–Crippen MR) is 128 cm³/mol. The number of carbonyl (C=O) groups excluding carboxylic acids is 2. The Morgan fingerprint density at radius 1 is 0.953 bits per heavy atom. The van der Waals surface area contributed by atoms with Gasteiger partial charge in [-0.25, -0.2) is 8.78 Å². The lowest BCUT2D eigenvalue weighted by Gasteiger charge is -2.31. The molecular formula is C25H13ClF10N2O5. The molecule has 0 spiro atoms. The van der Waals surface area contributed by atoms with Crippen LogP contribution in [-0.4, -0.2) is 35.6 Å². The van der Waals surface area contributed by atoms with Crippen LogP contribution in [0.2, 0.25) is 5.02 Å². The molecule has 1 N–H and O–H groups in total. The summed E-state index contributed by atoms with van der Waals surface area (Å²) in [6.07, 6.45) is -14.5. The third kappa shape index (κ3) is 6.81. The zero-order chi connectivity index (χ0) is 32.5. The van der Waals surface area contributed by atoms with E-state index in [9.17, 15) is 59.2 Å². The second-order valence-corrected chi connectivity index (χ2v) is 8.90. The maximum Gasteiger partial charge on any atom is 0.435 e. The molecule has 0 aliphatic carbocycles. The highest BCUT2D eigenvalue weighted by Gasteiger charge is 2.73. The highest BCUT2D eigenvalue weighted by atomic mass is 35.5. The van der Waals surface area contributed by atoms with Gasteiger partial charge in [0.05, 0.1) is 16.2 Å². The Bertz CT molecular complexity index is 1550. The molecule has 0 radical (unpaired) electrons. The van der Waals surface area contributed by atoms with Crippen LogP contribution in [0, 0.1) is 15.9 Å². The average molecular weight is 647 g/mol. The Labute approximate surface area is 238 Å². The summed E-state index contributed by atoms with van der Waals surface area (Å²) in [4.78, 5) is 35.3. The largest absolute Gasteiger partial charge is 0.435 e. The summed E-state index contributed by atoms with van der Waals surface area (Å²) >= 11 is 5.72. The van der Waals surface area contributed by atoms with Crippen molar-refractivity contribution < 1.29 is 63.2 Å². The molecule has 0 bridgehead atoms. The lowest BCUT2D eigenvalue weighted by Crippen LogP contribution is -2.50. The number of anilines is 1. The quantitative estimate of drug-likeness (QED) is 0.110. The van der Waals surface area contributed by atoms with E-state index >= 15 is 4.39 Å². The average Bonchev–Trinajstić information content (AvgIpc) is 2.89. The fourth-order valence-corrected chi connectivity index (χ4v) is 3.98. The Morgan fingerprint density at radius 2 is 1.53 bits per heavy atom. The van der Waals surface area contributed by atoms with Gasteiger partial charge in [0.25, 0.3) is 11.6 Å². The van der Waals surface area contributed by atoms with E-state index in [0.29, 0.717) is 0 Å². The monoisotopic (exact) mass is 646 g/mol. The zero-order valence-electron chi connectivity index (χ0n) is 20.6. The highest BCUT2D eigenvalue weighted by Crippen LogP contribution is 2.54. The number of benzene rings is 3. The minimum absolute atomic E-state index is 0.163. The normalized spacial score (nSPS) is 12.3. The summed E-state index contributed by atoms with van der Waals surface area (Å²) < 4.78 is 139. The fourth-order valence-electron chi connectivity index (χ4n) is 3.70. The van der Waals surface area contributed by atoms with Gasteiger partial charge in [-0.3, -0.25) is 19.7 Å². The fraction of sp³-hybridized carbons (Fsp3) is 0.200. The molecule has 7 nitrogen and oxygen atoms in total. The molecule has 0 heterocycles. The number of hydrogen-bond acceptors (Lipinski definition) is 5. The molecule has 0 saturated heterocycles. The number of nitro groups is 1. The summed E-state index contributed by atoms with van der Waals surface area (Å²) in [5.41, 5.74) is -11.2. The SMILES string of the molecule is O=C(Nc1cccc(C(=O)Cc2c(Cl)cc(C(F)(C(F)(F)F)C(F)(F)F)cc2OC(F)F)c1F)c1ccc([N+](=O)[O-])cc1. The van der Waals surface area contributed by atoms with Gasteiger partial charge in [0, 0.05) is 40.3 Å². The third-order valence-corrected chi connectivity index (χ3v) is 6.11. The number of non-ortho nitro benzene ring substituents is 1. The number of Topliss-reactive ketones (excluding diaryl/α,β-unsaturated/α-hetero) is 1. The van der Waals surface area contributed by atoms with Crippen molar-refractivity contribution in [3.63, 3.8) is 0 Å². The summed E-state index contributed by atoms with van der Waals surface area (Å²) in [5.74, 6) is -5.22. The number of ketones is 1. The molecule has 18 heteroatoms. The van der Waals surface area contributed by atoms with Crippen molar-refractivity contribution in [2.45, 2.75) is 31.1 Å². The molecule has 1 amide bonds. The minimum atomic E-state index is -6.63. The number of hydrogen-bond donors (Lipinski definition) is 1. The summed E-state index contributed by atoms with van der Waals surface area (Å²) in [7, 11) is 0. The Kier molecular flexibility index (Phi) is 9.28.